The van der Waals surface area contributed by atoms with Gasteiger partial charge in [0, 0.05) is 73.2 Å². The summed E-state index contributed by atoms with van der Waals surface area (Å²) in [7, 11) is 0. The largest absolute Gasteiger partial charge is 0.377 e. The summed E-state index contributed by atoms with van der Waals surface area (Å²) < 4.78 is 0. The Labute approximate surface area is 339 Å². The fraction of sp³-hybridized carbons (Fsp3) is 0.213. The Kier molecular flexibility index (Phi) is 8.67. The summed E-state index contributed by atoms with van der Waals surface area (Å²) >= 11 is 0. The molecule has 0 radical (unpaired) electrons. The van der Waals surface area contributed by atoms with E-state index in [9.17, 15) is 9.59 Å². The summed E-state index contributed by atoms with van der Waals surface area (Å²) in [6.07, 6.45) is 2.54. The van der Waals surface area contributed by atoms with Gasteiger partial charge in [-0.1, -0.05) is 91.0 Å². The molecule has 4 unspecified atom stereocenters. The van der Waals surface area contributed by atoms with Gasteiger partial charge in [-0.15, -0.1) is 0 Å². The Balaban J connectivity index is 0.910. The van der Waals surface area contributed by atoms with Crippen LogP contribution in [0.2, 0.25) is 0 Å². The Morgan fingerprint density at radius 3 is 1.83 bits per heavy atom. The van der Waals surface area contributed by atoms with Gasteiger partial charge >= 0.3 is 0 Å². The van der Waals surface area contributed by atoms with Crippen LogP contribution in [0.4, 0.5) is 11.4 Å². The second-order valence-corrected chi connectivity index (χ2v) is 15.9. The maximum Gasteiger partial charge on any atom is 0.272 e. The van der Waals surface area contributed by atoms with Crippen LogP contribution in [0.3, 0.4) is 0 Å². The molecule has 12 heteroatoms. The summed E-state index contributed by atoms with van der Waals surface area (Å²) in [5.74, 6) is 0.337. The highest BCUT2D eigenvalue weighted by atomic mass is 16.1. The summed E-state index contributed by atoms with van der Waals surface area (Å²) in [6.45, 7) is 5.08. The lowest BCUT2D eigenvalue weighted by Crippen LogP contribution is -2.42. The predicted molar refractivity (Wildman–Crippen MR) is 230 cm³/mol. The smallest absolute Gasteiger partial charge is 0.272 e. The molecule has 3 aliphatic rings. The first-order valence-corrected chi connectivity index (χ1v) is 20.3. The van der Waals surface area contributed by atoms with E-state index in [1.165, 1.54) is 5.56 Å². The SMILES string of the molecule is O=c1[nH]nc2c3c(cccc13)NC(c1ccc(CN3CCNCC3)cc1)C2c1ccc(Cc2cnc(C3c4n[nH]c(=O)c5cccc(c45)NC3c3ccccc3)[nH]2)cc1. The normalized spacial score (nSPS) is 20.0. The number of H-pyrrole nitrogens is 3. The highest BCUT2D eigenvalue weighted by molar-refractivity contribution is 5.98. The maximum atomic E-state index is 13.0. The molecular formula is C47H42N10O2. The Bertz CT molecular complexity index is 2950. The minimum Gasteiger partial charge on any atom is -0.377 e. The third-order valence-electron chi connectivity index (χ3n) is 12.4. The van der Waals surface area contributed by atoms with Gasteiger partial charge in [-0.2, -0.15) is 10.2 Å². The van der Waals surface area contributed by atoms with Crippen LogP contribution in [0.15, 0.2) is 131 Å². The molecule has 0 aliphatic carbocycles. The number of imidazole rings is 1. The fourth-order valence-electron chi connectivity index (χ4n) is 9.49. The molecular weight excluding hydrogens is 737 g/mol. The van der Waals surface area contributed by atoms with E-state index in [1.807, 2.05) is 60.8 Å². The lowest BCUT2D eigenvalue weighted by Gasteiger charge is -2.35. The molecule has 59 heavy (non-hydrogen) atoms. The van der Waals surface area contributed by atoms with Crippen molar-refractivity contribution in [3.05, 3.63) is 193 Å². The van der Waals surface area contributed by atoms with Crippen molar-refractivity contribution in [2.75, 3.05) is 36.8 Å². The van der Waals surface area contributed by atoms with E-state index >= 15 is 0 Å². The van der Waals surface area contributed by atoms with Gasteiger partial charge in [-0.05, 0) is 52.1 Å². The number of nitrogens with one attached hydrogen (secondary N) is 6. The van der Waals surface area contributed by atoms with Crippen molar-refractivity contribution in [2.24, 2.45) is 0 Å². The molecule has 292 valence electrons. The molecule has 0 spiro atoms. The number of hydrogen-bond donors (Lipinski definition) is 6. The van der Waals surface area contributed by atoms with Crippen LogP contribution in [0, 0.1) is 0 Å². The number of benzene rings is 5. The number of piperazine rings is 1. The zero-order valence-corrected chi connectivity index (χ0v) is 32.2. The predicted octanol–water partition coefficient (Wildman–Crippen LogP) is 6.48. The van der Waals surface area contributed by atoms with Gasteiger partial charge in [0.1, 0.15) is 5.82 Å². The first kappa shape index (κ1) is 35.3. The minimum absolute atomic E-state index is 0.111. The first-order chi connectivity index (χ1) is 29.1. The van der Waals surface area contributed by atoms with Crippen LogP contribution in [0.5, 0.6) is 0 Å². The second kappa shape index (κ2) is 14.5. The quantitative estimate of drug-likeness (QED) is 0.102. The zero-order valence-electron chi connectivity index (χ0n) is 32.2. The standard InChI is InChI=1S/C47H42N10O2/c58-46-33-8-4-10-35-38(33)43(53-55-46)37(41(51-35)31-18-14-28(15-19-31)26-57-22-20-48-21-23-57)29-16-12-27(13-17-29)24-32-25-49-45(50-32)40-42(30-6-2-1-3-7-30)52-36-11-5-9-34-39(36)44(40)54-56-47(34)59/h1-19,25,37,40-42,48,51-52H,20-24,26H2,(H,49,50)(H,55,58)(H,56,59). The monoisotopic (exact) mass is 778 g/mol. The van der Waals surface area contributed by atoms with Gasteiger partial charge in [-0.3, -0.25) is 14.5 Å². The maximum absolute atomic E-state index is 13.0. The molecule has 0 amide bonds. The number of rotatable bonds is 8. The zero-order chi connectivity index (χ0) is 39.5. The number of nitrogens with zero attached hydrogens (tertiary/aromatic N) is 4. The first-order valence-electron chi connectivity index (χ1n) is 20.3. The van der Waals surface area contributed by atoms with E-state index in [2.05, 4.69) is 102 Å². The van der Waals surface area contributed by atoms with Crippen molar-refractivity contribution in [1.82, 2.24) is 40.6 Å². The molecule has 8 aromatic rings. The van der Waals surface area contributed by atoms with Crippen LogP contribution in [-0.2, 0) is 13.0 Å². The van der Waals surface area contributed by atoms with Gasteiger partial charge < -0.3 is 20.9 Å². The van der Waals surface area contributed by atoms with Gasteiger partial charge in [0.2, 0.25) is 0 Å². The lowest BCUT2D eigenvalue weighted by atomic mass is 9.79. The van der Waals surface area contributed by atoms with Crippen LogP contribution in [0.25, 0.3) is 21.5 Å². The van der Waals surface area contributed by atoms with Crippen molar-refractivity contribution in [1.29, 1.82) is 0 Å². The van der Waals surface area contributed by atoms with Crippen LogP contribution < -0.4 is 27.1 Å². The summed E-state index contributed by atoms with van der Waals surface area (Å²) in [5, 5.41) is 28.8. The van der Waals surface area contributed by atoms with Gasteiger partial charge in [0.25, 0.3) is 11.1 Å². The van der Waals surface area contributed by atoms with Crippen LogP contribution in [0.1, 0.15) is 74.6 Å². The van der Waals surface area contributed by atoms with Gasteiger partial charge in [-0.25, -0.2) is 15.2 Å². The average Bonchev–Trinajstić information content (AvgIpc) is 3.74. The Morgan fingerprint density at radius 2 is 1.17 bits per heavy atom. The molecule has 11 rings (SSSR count). The van der Waals surface area contributed by atoms with E-state index in [4.69, 9.17) is 10.1 Å². The van der Waals surface area contributed by atoms with Crippen molar-refractivity contribution >= 4 is 32.9 Å². The summed E-state index contributed by atoms with van der Waals surface area (Å²) in [6, 6.07) is 39.3. The molecule has 3 aromatic heterocycles. The molecule has 5 aromatic carbocycles. The Morgan fingerprint density at radius 1 is 0.593 bits per heavy atom. The summed E-state index contributed by atoms with van der Waals surface area (Å²) in [4.78, 5) is 36.9. The molecule has 6 heterocycles. The van der Waals surface area contributed by atoms with Crippen molar-refractivity contribution in [3.8, 4) is 0 Å². The van der Waals surface area contributed by atoms with E-state index in [1.54, 1.807) is 0 Å². The molecule has 4 atom stereocenters. The van der Waals surface area contributed by atoms with E-state index in [0.717, 1.165) is 100 Å². The topological polar surface area (TPSA) is 160 Å². The minimum atomic E-state index is -0.279. The average molecular weight is 779 g/mol. The van der Waals surface area contributed by atoms with E-state index < -0.39 is 0 Å². The molecule has 1 fully saturated rings. The molecule has 3 aliphatic heterocycles. The number of aromatic amines is 3. The molecule has 6 N–H and O–H groups in total. The Hall–Kier alpha value is -6.89. The van der Waals surface area contributed by atoms with E-state index in [-0.39, 0.29) is 35.0 Å². The third kappa shape index (κ3) is 6.28. The number of hydrogen-bond acceptors (Lipinski definition) is 9. The molecule has 1 saturated heterocycles. The van der Waals surface area contributed by atoms with Crippen molar-refractivity contribution < 1.29 is 0 Å². The molecule has 0 saturated carbocycles. The van der Waals surface area contributed by atoms with Crippen molar-refractivity contribution in [3.63, 3.8) is 0 Å². The van der Waals surface area contributed by atoms with Crippen LogP contribution >= 0.6 is 0 Å². The van der Waals surface area contributed by atoms with Crippen molar-refractivity contribution in [2.45, 2.75) is 36.9 Å². The highest BCUT2D eigenvalue weighted by Crippen LogP contribution is 2.47. The lowest BCUT2D eigenvalue weighted by molar-refractivity contribution is 0.233. The molecule has 0 bridgehead atoms. The number of aromatic nitrogens is 6. The fourth-order valence-corrected chi connectivity index (χ4v) is 9.49. The van der Waals surface area contributed by atoms with Crippen LogP contribution in [-0.4, -0.2) is 61.4 Å². The van der Waals surface area contributed by atoms with E-state index in [0.29, 0.717) is 17.2 Å². The second-order valence-electron chi connectivity index (χ2n) is 15.9. The summed E-state index contributed by atoms with van der Waals surface area (Å²) in [5.41, 5.74) is 9.77. The number of anilines is 2. The highest BCUT2D eigenvalue weighted by Gasteiger charge is 2.37. The van der Waals surface area contributed by atoms with Gasteiger partial charge in [0.15, 0.2) is 0 Å². The molecule has 12 nitrogen and oxygen atoms in total. The third-order valence-corrected chi connectivity index (χ3v) is 12.4. The van der Waals surface area contributed by atoms with Gasteiger partial charge in [0.05, 0.1) is 46.1 Å².